The third kappa shape index (κ3) is 3.13. The second-order valence-electron chi connectivity index (χ2n) is 2.93. The number of allylic oxidation sites excluding steroid dienone is 2. The monoisotopic (exact) mass is 231 g/mol. The number of anilines is 2. The molecule has 0 saturated heterocycles. The van der Waals surface area contributed by atoms with Gasteiger partial charge in [-0.25, -0.2) is 9.97 Å². The van der Waals surface area contributed by atoms with Crippen LogP contribution in [0.5, 0.6) is 0 Å². The van der Waals surface area contributed by atoms with Crippen molar-refractivity contribution in [3.63, 3.8) is 0 Å². The van der Waals surface area contributed by atoms with Crippen LogP contribution in [0.25, 0.3) is 5.57 Å². The largest absolute Gasteiger partial charge is 0.404 e. The van der Waals surface area contributed by atoms with Crippen molar-refractivity contribution in [1.29, 1.82) is 10.8 Å². The number of rotatable bonds is 5. The molecule has 0 amide bonds. The van der Waals surface area contributed by atoms with Crippen molar-refractivity contribution in [2.75, 3.05) is 11.1 Å². The normalized spacial score (nSPS) is 11.4. The Morgan fingerprint density at radius 1 is 1.41 bits per heavy atom. The maximum Gasteiger partial charge on any atom is 0.173 e. The SMILES string of the molecule is N=C/C=C\Nc1nc(/C(C=N)=C/N)cnc1N. The van der Waals surface area contributed by atoms with Crippen LogP contribution in [-0.4, -0.2) is 22.4 Å². The van der Waals surface area contributed by atoms with Crippen LogP contribution >= 0.6 is 0 Å². The van der Waals surface area contributed by atoms with E-state index in [-0.39, 0.29) is 5.82 Å². The first-order valence-electron chi connectivity index (χ1n) is 4.70. The lowest BCUT2D eigenvalue weighted by Crippen LogP contribution is -2.04. The van der Waals surface area contributed by atoms with E-state index in [4.69, 9.17) is 22.3 Å². The minimum atomic E-state index is 0.227. The minimum Gasteiger partial charge on any atom is -0.404 e. The first-order valence-corrected chi connectivity index (χ1v) is 4.70. The molecule has 0 saturated carbocycles. The molecule has 0 atom stereocenters. The summed E-state index contributed by atoms with van der Waals surface area (Å²) in [5.74, 6) is 0.575. The van der Waals surface area contributed by atoms with Gasteiger partial charge in [0.05, 0.1) is 11.9 Å². The predicted molar refractivity (Wildman–Crippen MR) is 68.9 cm³/mol. The van der Waals surface area contributed by atoms with Crippen molar-refractivity contribution in [1.82, 2.24) is 9.97 Å². The van der Waals surface area contributed by atoms with Gasteiger partial charge in [-0.2, -0.15) is 0 Å². The highest BCUT2D eigenvalue weighted by atomic mass is 15.0. The van der Waals surface area contributed by atoms with Gasteiger partial charge in [-0.15, -0.1) is 0 Å². The number of nitrogens with two attached hydrogens (primary N) is 2. The summed E-state index contributed by atoms with van der Waals surface area (Å²) in [6.07, 6.45) is 7.88. The number of nitrogens with zero attached hydrogens (tertiary/aromatic N) is 2. The van der Waals surface area contributed by atoms with Crippen LogP contribution in [0.3, 0.4) is 0 Å². The van der Waals surface area contributed by atoms with Crippen LogP contribution < -0.4 is 16.8 Å². The van der Waals surface area contributed by atoms with Crippen LogP contribution in [0.4, 0.5) is 11.6 Å². The summed E-state index contributed by atoms with van der Waals surface area (Å²) in [5, 5.41) is 16.8. The Morgan fingerprint density at radius 2 is 2.18 bits per heavy atom. The van der Waals surface area contributed by atoms with Crippen LogP contribution in [0, 0.1) is 10.8 Å². The molecule has 0 unspecified atom stereocenters. The lowest BCUT2D eigenvalue weighted by molar-refractivity contribution is 1.18. The van der Waals surface area contributed by atoms with Crippen molar-refractivity contribution in [3.05, 3.63) is 30.4 Å². The molecule has 0 radical (unpaired) electrons. The molecule has 7 heteroatoms. The van der Waals surface area contributed by atoms with Crippen LogP contribution in [-0.2, 0) is 0 Å². The van der Waals surface area contributed by atoms with E-state index in [1.54, 1.807) is 0 Å². The quantitative estimate of drug-likeness (QED) is 0.472. The fraction of sp³-hybridized carbons (Fsp3) is 0. The first kappa shape index (κ1) is 12.4. The van der Waals surface area contributed by atoms with Crippen molar-refractivity contribution in [2.45, 2.75) is 0 Å². The van der Waals surface area contributed by atoms with E-state index in [1.807, 2.05) is 0 Å². The van der Waals surface area contributed by atoms with Gasteiger partial charge >= 0.3 is 0 Å². The summed E-state index contributed by atoms with van der Waals surface area (Å²) in [6.45, 7) is 0. The Hall–Kier alpha value is -2.70. The Bertz CT molecular complexity index is 476. The second-order valence-corrected chi connectivity index (χ2v) is 2.93. The molecule has 0 bridgehead atoms. The molecule has 7 N–H and O–H groups in total. The molecular formula is C10H13N7. The second kappa shape index (κ2) is 6.01. The number of aromatic nitrogens is 2. The van der Waals surface area contributed by atoms with Gasteiger partial charge in [-0.1, -0.05) is 0 Å². The Kier molecular flexibility index (Phi) is 4.37. The van der Waals surface area contributed by atoms with Crippen molar-refractivity contribution in [3.8, 4) is 0 Å². The number of nitrogen functional groups attached to an aromatic ring is 1. The lowest BCUT2D eigenvalue weighted by atomic mass is 10.2. The average molecular weight is 231 g/mol. The van der Waals surface area contributed by atoms with E-state index in [0.717, 1.165) is 12.4 Å². The molecule has 17 heavy (non-hydrogen) atoms. The van der Waals surface area contributed by atoms with Crippen molar-refractivity contribution in [2.24, 2.45) is 5.73 Å². The molecule has 1 aromatic heterocycles. The highest BCUT2D eigenvalue weighted by molar-refractivity contribution is 6.07. The topological polar surface area (TPSA) is 138 Å². The van der Waals surface area contributed by atoms with Crippen LogP contribution in [0.1, 0.15) is 5.69 Å². The van der Waals surface area contributed by atoms with E-state index in [9.17, 15) is 0 Å². The average Bonchev–Trinajstić information content (AvgIpc) is 2.34. The van der Waals surface area contributed by atoms with Gasteiger partial charge < -0.3 is 27.6 Å². The number of hydrogen-bond donors (Lipinski definition) is 5. The Labute approximate surface area is 98.3 Å². The summed E-state index contributed by atoms with van der Waals surface area (Å²) < 4.78 is 0. The molecular weight excluding hydrogens is 218 g/mol. The van der Waals surface area contributed by atoms with E-state index in [2.05, 4.69) is 15.3 Å². The summed E-state index contributed by atoms with van der Waals surface area (Å²) in [7, 11) is 0. The van der Waals surface area contributed by atoms with Gasteiger partial charge in [0.2, 0.25) is 0 Å². The maximum atomic E-state index is 7.15. The maximum absolute atomic E-state index is 7.15. The fourth-order valence-electron chi connectivity index (χ4n) is 1.03. The molecule has 0 aromatic carbocycles. The highest BCUT2D eigenvalue weighted by Crippen LogP contribution is 2.16. The molecule has 0 fully saturated rings. The summed E-state index contributed by atoms with van der Waals surface area (Å²) in [6, 6.07) is 0. The van der Waals surface area contributed by atoms with E-state index in [1.165, 1.54) is 24.7 Å². The summed E-state index contributed by atoms with van der Waals surface area (Å²) >= 11 is 0. The van der Waals surface area contributed by atoms with Gasteiger partial charge in [0, 0.05) is 30.4 Å². The van der Waals surface area contributed by atoms with Crippen LogP contribution in [0.15, 0.2) is 24.7 Å². The Balaban J connectivity index is 3.05. The summed E-state index contributed by atoms with van der Waals surface area (Å²) in [5.41, 5.74) is 11.9. The lowest BCUT2D eigenvalue weighted by Gasteiger charge is -2.06. The zero-order valence-corrected chi connectivity index (χ0v) is 9.01. The summed E-state index contributed by atoms with van der Waals surface area (Å²) in [4.78, 5) is 8.10. The molecule has 88 valence electrons. The van der Waals surface area contributed by atoms with Gasteiger partial charge in [0.25, 0.3) is 0 Å². The first-order chi connectivity index (χ1) is 8.22. The van der Waals surface area contributed by atoms with Gasteiger partial charge in [-0.3, -0.25) is 0 Å². The fourth-order valence-corrected chi connectivity index (χ4v) is 1.03. The molecule has 0 aliphatic heterocycles. The molecule has 1 aromatic rings. The number of hydrogen-bond acceptors (Lipinski definition) is 7. The molecule has 1 rings (SSSR count). The minimum absolute atomic E-state index is 0.227. The predicted octanol–water partition coefficient (Wildman–Crippen LogP) is 0.583. The third-order valence-corrected chi connectivity index (χ3v) is 1.84. The zero-order valence-electron chi connectivity index (χ0n) is 9.01. The number of nitrogens with one attached hydrogen (secondary N) is 3. The van der Waals surface area contributed by atoms with Gasteiger partial charge in [0.1, 0.15) is 0 Å². The van der Waals surface area contributed by atoms with E-state index in [0.29, 0.717) is 17.1 Å². The van der Waals surface area contributed by atoms with Crippen molar-refractivity contribution < 1.29 is 0 Å². The van der Waals surface area contributed by atoms with E-state index >= 15 is 0 Å². The molecule has 7 nitrogen and oxygen atoms in total. The zero-order chi connectivity index (χ0) is 12.7. The third-order valence-electron chi connectivity index (χ3n) is 1.84. The smallest absolute Gasteiger partial charge is 0.173 e. The Morgan fingerprint density at radius 3 is 2.76 bits per heavy atom. The molecule has 0 spiro atoms. The van der Waals surface area contributed by atoms with Gasteiger partial charge in [-0.05, 0) is 6.08 Å². The highest BCUT2D eigenvalue weighted by Gasteiger charge is 2.05. The molecule has 1 heterocycles. The van der Waals surface area contributed by atoms with Crippen LogP contribution in [0.2, 0.25) is 0 Å². The van der Waals surface area contributed by atoms with Crippen molar-refractivity contribution >= 4 is 29.6 Å². The standard InChI is InChI=1S/C10H13N7/c11-2-1-3-15-10-9(14)16-6-8(17-10)7(4-12)5-13/h1-6,11-12H,13H2,(H2,14,16)(H,15,17)/b3-1-,7-5+,11-2?,12-4?. The van der Waals surface area contributed by atoms with Gasteiger partial charge in [0.15, 0.2) is 11.6 Å². The molecule has 0 aliphatic rings. The molecule has 0 aliphatic carbocycles. The van der Waals surface area contributed by atoms with E-state index < -0.39 is 0 Å².